The first-order valence-corrected chi connectivity index (χ1v) is 8.15. The van der Waals surface area contributed by atoms with E-state index in [0.29, 0.717) is 20.3 Å². The van der Waals surface area contributed by atoms with Crippen LogP contribution in [0.1, 0.15) is 11.1 Å². The maximum atomic E-state index is 11.6. The van der Waals surface area contributed by atoms with E-state index in [9.17, 15) is 15.0 Å². The number of aromatic hydroxyl groups is 2. The summed E-state index contributed by atoms with van der Waals surface area (Å²) in [5.74, 6) is 0.211. The Labute approximate surface area is 149 Å². The minimum atomic E-state index is -0.448. The molecule has 1 aliphatic heterocycles. The Morgan fingerprint density at radius 3 is 2.22 bits per heavy atom. The van der Waals surface area contributed by atoms with Crippen molar-refractivity contribution in [2.45, 2.75) is 0 Å². The molecule has 0 saturated carbocycles. The van der Waals surface area contributed by atoms with Gasteiger partial charge in [-0.15, -0.1) is 0 Å². The summed E-state index contributed by atoms with van der Waals surface area (Å²) in [5, 5.41) is 19.1. The van der Waals surface area contributed by atoms with E-state index in [1.54, 1.807) is 42.5 Å². The van der Waals surface area contributed by atoms with E-state index in [0.717, 1.165) is 11.1 Å². The van der Waals surface area contributed by atoms with Crippen molar-refractivity contribution >= 4 is 49.5 Å². The van der Waals surface area contributed by atoms with Crippen molar-refractivity contribution in [3.05, 3.63) is 68.3 Å². The Balaban J connectivity index is 2.03. The molecule has 3 rings (SSSR count). The third-order valence-electron chi connectivity index (χ3n) is 3.25. The number of phenolic OH excluding ortho intramolecular Hbond substituents is 2. The SMILES string of the molecule is O=C1C=C(c2ccc(O)cc2)C(=Cc2cc(Br)c(O)c(Br)c2)O1. The van der Waals surface area contributed by atoms with Crippen molar-refractivity contribution in [3.63, 3.8) is 0 Å². The summed E-state index contributed by atoms with van der Waals surface area (Å²) < 4.78 is 6.30. The summed E-state index contributed by atoms with van der Waals surface area (Å²) in [7, 11) is 0. The highest BCUT2D eigenvalue weighted by molar-refractivity contribution is 9.11. The fourth-order valence-corrected chi connectivity index (χ4v) is 3.40. The molecule has 0 radical (unpaired) electrons. The van der Waals surface area contributed by atoms with E-state index >= 15 is 0 Å². The van der Waals surface area contributed by atoms with Crippen LogP contribution in [0.2, 0.25) is 0 Å². The number of rotatable bonds is 2. The van der Waals surface area contributed by atoms with Gasteiger partial charge in [-0.3, -0.25) is 0 Å². The quantitative estimate of drug-likeness (QED) is 0.673. The van der Waals surface area contributed by atoms with Gasteiger partial charge in [0.05, 0.1) is 8.95 Å². The van der Waals surface area contributed by atoms with E-state index < -0.39 is 5.97 Å². The fourth-order valence-electron chi connectivity index (χ4n) is 2.18. The number of hydrogen-bond donors (Lipinski definition) is 2. The van der Waals surface area contributed by atoms with E-state index in [4.69, 9.17) is 4.74 Å². The Morgan fingerprint density at radius 1 is 1.00 bits per heavy atom. The molecule has 0 unspecified atom stereocenters. The molecule has 1 aliphatic rings. The number of phenols is 2. The van der Waals surface area contributed by atoms with Gasteiger partial charge in [-0.25, -0.2) is 4.79 Å². The van der Waals surface area contributed by atoms with Crippen LogP contribution in [0.5, 0.6) is 11.5 Å². The number of allylic oxidation sites excluding steroid dienone is 1. The second-order valence-corrected chi connectivity index (χ2v) is 6.58. The zero-order valence-electron chi connectivity index (χ0n) is 11.6. The van der Waals surface area contributed by atoms with Gasteiger partial charge in [0.2, 0.25) is 0 Å². The van der Waals surface area contributed by atoms with Crippen LogP contribution in [0.4, 0.5) is 0 Å². The van der Waals surface area contributed by atoms with Crippen LogP contribution in [0.15, 0.2) is 57.2 Å². The molecule has 2 aromatic carbocycles. The highest BCUT2D eigenvalue weighted by Gasteiger charge is 2.21. The highest BCUT2D eigenvalue weighted by atomic mass is 79.9. The largest absolute Gasteiger partial charge is 0.508 e. The molecule has 0 saturated heterocycles. The molecule has 1 heterocycles. The van der Waals surface area contributed by atoms with Crippen molar-refractivity contribution in [2.75, 3.05) is 0 Å². The van der Waals surface area contributed by atoms with Crippen LogP contribution in [0.3, 0.4) is 0 Å². The van der Waals surface area contributed by atoms with Crippen LogP contribution in [-0.4, -0.2) is 16.2 Å². The minimum absolute atomic E-state index is 0.102. The molecule has 2 N–H and O–H groups in total. The van der Waals surface area contributed by atoms with Crippen molar-refractivity contribution in [1.29, 1.82) is 0 Å². The zero-order valence-corrected chi connectivity index (χ0v) is 14.8. The van der Waals surface area contributed by atoms with Gasteiger partial charge in [0, 0.05) is 11.6 Å². The molecule has 4 nitrogen and oxygen atoms in total. The first kappa shape index (κ1) is 15.8. The number of cyclic esters (lactones) is 1. The number of ether oxygens (including phenoxy) is 1. The predicted octanol–water partition coefficient (Wildman–Crippen LogP) is 4.60. The van der Waals surface area contributed by atoms with Gasteiger partial charge in [0.15, 0.2) is 0 Å². The summed E-state index contributed by atoms with van der Waals surface area (Å²) in [5.41, 5.74) is 2.14. The van der Waals surface area contributed by atoms with Gasteiger partial charge < -0.3 is 14.9 Å². The second-order valence-electron chi connectivity index (χ2n) is 4.87. The first-order chi connectivity index (χ1) is 10.9. The van der Waals surface area contributed by atoms with Gasteiger partial charge in [-0.1, -0.05) is 12.1 Å². The number of esters is 1. The molecular formula is C17H10Br2O4. The molecule has 2 aromatic rings. The first-order valence-electron chi connectivity index (χ1n) is 6.57. The standard InChI is InChI=1S/C17H10Br2O4/c18-13-5-9(6-14(19)17(13)22)7-15-12(8-16(21)23-15)10-1-3-11(20)4-2-10/h1-8,20,22H. The Bertz CT molecular complexity index is 828. The van der Waals surface area contributed by atoms with Gasteiger partial charge in [-0.2, -0.15) is 0 Å². The van der Waals surface area contributed by atoms with Crippen molar-refractivity contribution in [3.8, 4) is 11.5 Å². The highest BCUT2D eigenvalue weighted by Crippen LogP contribution is 2.36. The van der Waals surface area contributed by atoms with Crippen molar-refractivity contribution < 1.29 is 19.7 Å². The lowest BCUT2D eigenvalue weighted by molar-refractivity contribution is -0.132. The van der Waals surface area contributed by atoms with Gasteiger partial charge in [-0.05, 0) is 73.3 Å². The number of carbonyl (C=O) groups excluding carboxylic acids is 1. The van der Waals surface area contributed by atoms with Crippen LogP contribution in [-0.2, 0) is 9.53 Å². The van der Waals surface area contributed by atoms with E-state index in [1.165, 1.54) is 6.08 Å². The molecule has 0 aliphatic carbocycles. The topological polar surface area (TPSA) is 66.8 Å². The third kappa shape index (κ3) is 3.33. The predicted molar refractivity (Wildman–Crippen MR) is 93.7 cm³/mol. The van der Waals surface area contributed by atoms with E-state index in [-0.39, 0.29) is 11.5 Å². The van der Waals surface area contributed by atoms with Gasteiger partial charge in [0.1, 0.15) is 17.3 Å². The molecule has 0 aromatic heterocycles. The van der Waals surface area contributed by atoms with Crippen LogP contribution in [0, 0.1) is 0 Å². The number of benzene rings is 2. The number of halogens is 2. The summed E-state index contributed by atoms with van der Waals surface area (Å²) >= 11 is 6.53. The zero-order chi connectivity index (χ0) is 16.6. The minimum Gasteiger partial charge on any atom is -0.508 e. The summed E-state index contributed by atoms with van der Waals surface area (Å²) in [6.07, 6.45) is 3.11. The average molecular weight is 438 g/mol. The average Bonchev–Trinajstić information content (AvgIpc) is 2.86. The maximum Gasteiger partial charge on any atom is 0.336 e. The molecule has 0 amide bonds. The van der Waals surface area contributed by atoms with Crippen molar-refractivity contribution in [2.24, 2.45) is 0 Å². The lowest BCUT2D eigenvalue weighted by Gasteiger charge is -2.07. The molecule has 0 bridgehead atoms. The molecule has 116 valence electrons. The third-order valence-corrected chi connectivity index (χ3v) is 4.46. The lowest BCUT2D eigenvalue weighted by atomic mass is 10.0. The maximum absolute atomic E-state index is 11.6. The van der Waals surface area contributed by atoms with Crippen molar-refractivity contribution in [1.82, 2.24) is 0 Å². The van der Waals surface area contributed by atoms with Crippen LogP contribution < -0.4 is 0 Å². The Kier molecular flexibility index (Phi) is 4.28. The van der Waals surface area contributed by atoms with Gasteiger partial charge in [0.25, 0.3) is 0 Å². The monoisotopic (exact) mass is 436 g/mol. The normalized spacial score (nSPS) is 15.7. The summed E-state index contributed by atoms with van der Waals surface area (Å²) in [4.78, 5) is 11.6. The summed E-state index contributed by atoms with van der Waals surface area (Å²) in [6, 6.07) is 9.94. The molecule has 0 atom stereocenters. The second kappa shape index (κ2) is 6.22. The molecular weight excluding hydrogens is 428 g/mol. The van der Waals surface area contributed by atoms with Crippen LogP contribution in [0.25, 0.3) is 11.6 Å². The molecule has 23 heavy (non-hydrogen) atoms. The van der Waals surface area contributed by atoms with Gasteiger partial charge >= 0.3 is 5.97 Å². The molecule has 0 fully saturated rings. The van der Waals surface area contributed by atoms with Crippen LogP contribution >= 0.6 is 31.9 Å². The Hall–Kier alpha value is -2.05. The molecule has 0 spiro atoms. The number of hydrogen-bond acceptors (Lipinski definition) is 4. The Morgan fingerprint density at radius 2 is 1.61 bits per heavy atom. The summed E-state index contributed by atoms with van der Waals surface area (Å²) in [6.45, 7) is 0. The van der Waals surface area contributed by atoms with E-state index in [2.05, 4.69) is 31.9 Å². The van der Waals surface area contributed by atoms with E-state index in [1.807, 2.05) is 0 Å². The number of carbonyl (C=O) groups is 1. The molecule has 6 heteroatoms. The lowest BCUT2D eigenvalue weighted by Crippen LogP contribution is -1.92. The fraction of sp³-hybridized carbons (Fsp3) is 0. The smallest absolute Gasteiger partial charge is 0.336 e.